The third-order valence-corrected chi connectivity index (χ3v) is 7.33. The van der Waals surface area contributed by atoms with Crippen molar-refractivity contribution in [3.63, 3.8) is 0 Å². The molecule has 31 heavy (non-hydrogen) atoms. The summed E-state index contributed by atoms with van der Waals surface area (Å²) in [7, 11) is 5.08. The maximum atomic E-state index is 13.2. The van der Waals surface area contributed by atoms with Crippen LogP contribution in [0.3, 0.4) is 0 Å². The SMILES string of the molecule is CCN1C(=O)[C@@H]2CN(C(=O)N(C)C)C[C@@H]2C12CCN(C(=O)c1cccc(OC)c1)CC2. The van der Waals surface area contributed by atoms with E-state index in [1.54, 1.807) is 32.2 Å². The van der Waals surface area contributed by atoms with Crippen molar-refractivity contribution in [3.8, 4) is 5.75 Å². The Morgan fingerprint density at radius 3 is 2.48 bits per heavy atom. The van der Waals surface area contributed by atoms with E-state index in [1.807, 2.05) is 39.8 Å². The second-order valence-corrected chi connectivity index (χ2v) is 9.01. The van der Waals surface area contributed by atoms with E-state index >= 15 is 0 Å². The molecule has 3 fully saturated rings. The average molecular weight is 429 g/mol. The monoisotopic (exact) mass is 428 g/mol. The predicted molar refractivity (Wildman–Crippen MR) is 116 cm³/mol. The Kier molecular flexibility index (Phi) is 5.58. The molecule has 1 aromatic rings. The molecule has 2 atom stereocenters. The second-order valence-electron chi connectivity index (χ2n) is 9.01. The molecule has 4 rings (SSSR count). The van der Waals surface area contributed by atoms with Gasteiger partial charge >= 0.3 is 6.03 Å². The van der Waals surface area contributed by atoms with Crippen LogP contribution in [-0.2, 0) is 4.79 Å². The van der Waals surface area contributed by atoms with Gasteiger partial charge in [0.25, 0.3) is 5.91 Å². The summed E-state index contributed by atoms with van der Waals surface area (Å²) in [5, 5.41) is 0. The molecule has 3 aliphatic rings. The van der Waals surface area contributed by atoms with E-state index in [4.69, 9.17) is 4.74 Å². The quantitative estimate of drug-likeness (QED) is 0.736. The van der Waals surface area contributed by atoms with Crippen LogP contribution in [0, 0.1) is 11.8 Å². The molecule has 3 saturated heterocycles. The summed E-state index contributed by atoms with van der Waals surface area (Å²) in [6.45, 7) is 4.99. The van der Waals surface area contributed by atoms with Gasteiger partial charge in [-0.25, -0.2) is 4.79 Å². The summed E-state index contributed by atoms with van der Waals surface area (Å²) in [4.78, 5) is 46.1. The van der Waals surface area contributed by atoms with Crippen LogP contribution in [-0.4, -0.2) is 96.9 Å². The first-order chi connectivity index (χ1) is 14.8. The first-order valence-electron chi connectivity index (χ1n) is 11.0. The number of hydrogen-bond acceptors (Lipinski definition) is 4. The Balaban J connectivity index is 1.52. The van der Waals surface area contributed by atoms with Crippen LogP contribution < -0.4 is 4.74 Å². The van der Waals surface area contributed by atoms with Gasteiger partial charge in [-0.05, 0) is 38.0 Å². The third-order valence-electron chi connectivity index (χ3n) is 7.33. The van der Waals surface area contributed by atoms with Gasteiger partial charge in [-0.3, -0.25) is 9.59 Å². The van der Waals surface area contributed by atoms with Crippen molar-refractivity contribution in [2.45, 2.75) is 25.3 Å². The molecule has 4 amide bonds. The molecule has 0 bridgehead atoms. The zero-order valence-corrected chi connectivity index (χ0v) is 18.8. The molecule has 1 aromatic carbocycles. The van der Waals surface area contributed by atoms with Gasteiger partial charge in [-0.1, -0.05) is 6.07 Å². The van der Waals surface area contributed by atoms with Crippen molar-refractivity contribution < 1.29 is 19.1 Å². The van der Waals surface area contributed by atoms with Crippen LogP contribution in [0.4, 0.5) is 4.79 Å². The highest BCUT2D eigenvalue weighted by atomic mass is 16.5. The molecule has 3 aliphatic heterocycles. The Hall–Kier alpha value is -2.77. The van der Waals surface area contributed by atoms with Crippen molar-refractivity contribution >= 4 is 17.8 Å². The lowest BCUT2D eigenvalue weighted by atomic mass is 9.74. The molecule has 0 unspecified atom stereocenters. The zero-order chi connectivity index (χ0) is 22.3. The number of urea groups is 1. The van der Waals surface area contributed by atoms with Gasteiger partial charge in [-0.2, -0.15) is 0 Å². The normalized spacial score (nSPS) is 24.5. The highest BCUT2D eigenvalue weighted by Crippen LogP contribution is 2.49. The molecule has 0 radical (unpaired) electrons. The number of ether oxygens (including phenoxy) is 1. The smallest absolute Gasteiger partial charge is 0.319 e. The number of carbonyl (C=O) groups is 3. The minimum atomic E-state index is -0.275. The van der Waals surface area contributed by atoms with Gasteiger partial charge in [0.15, 0.2) is 0 Å². The molecule has 8 heteroatoms. The van der Waals surface area contributed by atoms with Gasteiger partial charge in [0.05, 0.1) is 18.6 Å². The number of hydrogen-bond donors (Lipinski definition) is 0. The Labute approximate surface area is 183 Å². The largest absolute Gasteiger partial charge is 0.497 e. The summed E-state index contributed by atoms with van der Waals surface area (Å²) in [5.41, 5.74) is 0.342. The number of amides is 4. The maximum Gasteiger partial charge on any atom is 0.319 e. The Bertz CT molecular complexity index is 878. The first kappa shape index (κ1) is 21.5. The van der Waals surface area contributed by atoms with E-state index < -0.39 is 0 Å². The lowest BCUT2D eigenvalue weighted by Gasteiger charge is -2.47. The minimum absolute atomic E-state index is 0.00601. The second kappa shape index (κ2) is 8.05. The lowest BCUT2D eigenvalue weighted by molar-refractivity contribution is -0.135. The summed E-state index contributed by atoms with van der Waals surface area (Å²) in [5.74, 6) is 0.808. The molecule has 0 aromatic heterocycles. The molecular weight excluding hydrogens is 396 g/mol. The van der Waals surface area contributed by atoms with E-state index in [0.717, 1.165) is 12.8 Å². The third kappa shape index (κ3) is 3.42. The minimum Gasteiger partial charge on any atom is -0.497 e. The number of rotatable bonds is 3. The number of likely N-dealkylation sites (tertiary alicyclic amines) is 3. The van der Waals surface area contributed by atoms with Crippen molar-refractivity contribution in [1.82, 2.24) is 19.6 Å². The summed E-state index contributed by atoms with van der Waals surface area (Å²) < 4.78 is 5.25. The average Bonchev–Trinajstić information content (AvgIpc) is 3.32. The molecule has 168 valence electrons. The van der Waals surface area contributed by atoms with Gasteiger partial charge in [0.1, 0.15) is 5.75 Å². The topological polar surface area (TPSA) is 73.4 Å². The number of carbonyl (C=O) groups excluding carboxylic acids is 3. The van der Waals surface area contributed by atoms with Gasteiger partial charge in [0, 0.05) is 58.3 Å². The molecule has 0 aliphatic carbocycles. The number of piperidine rings is 1. The van der Waals surface area contributed by atoms with Crippen LogP contribution in [0.2, 0.25) is 0 Å². The van der Waals surface area contributed by atoms with Crippen molar-refractivity contribution in [3.05, 3.63) is 29.8 Å². The fourth-order valence-corrected chi connectivity index (χ4v) is 5.80. The molecule has 3 heterocycles. The Morgan fingerprint density at radius 2 is 1.87 bits per heavy atom. The fraction of sp³-hybridized carbons (Fsp3) is 0.609. The molecule has 8 nitrogen and oxygen atoms in total. The van der Waals surface area contributed by atoms with Gasteiger partial charge in [-0.15, -0.1) is 0 Å². The number of methoxy groups -OCH3 is 1. The predicted octanol–water partition coefficient (Wildman–Crippen LogP) is 1.76. The van der Waals surface area contributed by atoms with Gasteiger partial charge < -0.3 is 24.3 Å². The van der Waals surface area contributed by atoms with E-state index in [2.05, 4.69) is 0 Å². The van der Waals surface area contributed by atoms with E-state index in [9.17, 15) is 14.4 Å². The van der Waals surface area contributed by atoms with Crippen LogP contribution >= 0.6 is 0 Å². The van der Waals surface area contributed by atoms with Crippen LogP contribution in [0.5, 0.6) is 5.75 Å². The van der Waals surface area contributed by atoms with Crippen molar-refractivity contribution in [2.75, 3.05) is 53.9 Å². The Morgan fingerprint density at radius 1 is 1.16 bits per heavy atom. The van der Waals surface area contributed by atoms with E-state index in [1.165, 1.54) is 0 Å². The number of fused-ring (bicyclic) bond motifs is 2. The molecular formula is C23H32N4O4. The number of nitrogens with zero attached hydrogens (tertiary/aromatic N) is 4. The lowest BCUT2D eigenvalue weighted by Crippen LogP contribution is -2.58. The van der Waals surface area contributed by atoms with Gasteiger partial charge in [0.2, 0.25) is 5.91 Å². The summed E-state index contributed by atoms with van der Waals surface area (Å²) in [6.07, 6.45) is 1.49. The fourth-order valence-electron chi connectivity index (χ4n) is 5.80. The highest BCUT2D eigenvalue weighted by molar-refractivity contribution is 5.94. The molecule has 0 saturated carbocycles. The standard InChI is InChI=1S/C23H32N4O4/c1-5-27-21(29)18-14-26(22(30)24(2)3)15-19(18)23(27)9-11-25(12-10-23)20(28)16-7-6-8-17(13-16)31-4/h6-8,13,18-19H,5,9-12,14-15H2,1-4H3/t18-,19+/m1/s1. The molecule has 0 N–H and O–H groups in total. The number of benzene rings is 1. The molecule has 1 spiro atoms. The zero-order valence-electron chi connectivity index (χ0n) is 18.8. The summed E-state index contributed by atoms with van der Waals surface area (Å²) >= 11 is 0. The van der Waals surface area contributed by atoms with Crippen LogP contribution in [0.1, 0.15) is 30.1 Å². The first-order valence-corrected chi connectivity index (χ1v) is 11.0. The maximum absolute atomic E-state index is 13.2. The van der Waals surface area contributed by atoms with Crippen molar-refractivity contribution in [1.29, 1.82) is 0 Å². The highest BCUT2D eigenvalue weighted by Gasteiger charge is 2.62. The summed E-state index contributed by atoms with van der Waals surface area (Å²) in [6, 6.07) is 7.19. The van der Waals surface area contributed by atoms with Crippen LogP contribution in [0.15, 0.2) is 24.3 Å². The van der Waals surface area contributed by atoms with E-state index in [0.29, 0.717) is 44.0 Å². The van der Waals surface area contributed by atoms with Crippen LogP contribution in [0.25, 0.3) is 0 Å². The van der Waals surface area contributed by atoms with Crippen molar-refractivity contribution in [2.24, 2.45) is 11.8 Å². The van der Waals surface area contributed by atoms with E-state index in [-0.39, 0.29) is 35.2 Å².